The molecule has 0 radical (unpaired) electrons. The van der Waals surface area contributed by atoms with Gasteiger partial charge in [0.1, 0.15) is 0 Å². The van der Waals surface area contributed by atoms with Gasteiger partial charge in [-0.25, -0.2) is 0 Å². The summed E-state index contributed by atoms with van der Waals surface area (Å²) in [6, 6.07) is 0. The van der Waals surface area contributed by atoms with Crippen molar-refractivity contribution in [2.45, 2.75) is 26.1 Å². The van der Waals surface area contributed by atoms with E-state index in [4.69, 9.17) is 14.6 Å². The highest BCUT2D eigenvalue weighted by molar-refractivity contribution is 4.64. The molecular weight excluding hydrogens is 144 g/mol. The minimum absolute atomic E-state index is 0.194. The molecule has 1 atom stereocenters. The van der Waals surface area contributed by atoms with Crippen molar-refractivity contribution in [3.8, 4) is 0 Å². The monoisotopic (exact) mass is 160 g/mol. The number of aliphatic hydroxyl groups is 1. The van der Waals surface area contributed by atoms with Crippen molar-refractivity contribution < 1.29 is 14.6 Å². The van der Waals surface area contributed by atoms with Crippen molar-refractivity contribution in [2.24, 2.45) is 5.92 Å². The number of hydrogen-bond donors (Lipinski definition) is 1. The van der Waals surface area contributed by atoms with Crippen molar-refractivity contribution in [3.63, 3.8) is 0 Å². The van der Waals surface area contributed by atoms with Crippen LogP contribution in [-0.2, 0) is 9.47 Å². The summed E-state index contributed by atoms with van der Waals surface area (Å²) in [7, 11) is 0. The van der Waals surface area contributed by atoms with Gasteiger partial charge in [-0.2, -0.15) is 0 Å². The summed E-state index contributed by atoms with van der Waals surface area (Å²) in [4.78, 5) is 0. The lowest BCUT2D eigenvalue weighted by Gasteiger charge is -2.22. The quantitative estimate of drug-likeness (QED) is 0.615. The molecule has 0 spiro atoms. The van der Waals surface area contributed by atoms with E-state index in [1.807, 2.05) is 13.8 Å². The fourth-order valence-electron chi connectivity index (χ4n) is 1.06. The molecule has 1 saturated heterocycles. The van der Waals surface area contributed by atoms with Gasteiger partial charge in [-0.05, 0) is 20.3 Å². The highest BCUT2D eigenvalue weighted by Gasteiger charge is 2.24. The van der Waals surface area contributed by atoms with Gasteiger partial charge in [0.05, 0.1) is 13.2 Å². The van der Waals surface area contributed by atoms with E-state index in [1.165, 1.54) is 0 Å². The number of hydrogen-bond acceptors (Lipinski definition) is 3. The van der Waals surface area contributed by atoms with E-state index in [0.29, 0.717) is 13.2 Å². The molecule has 1 aliphatic rings. The lowest BCUT2D eigenvalue weighted by atomic mass is 10.1. The zero-order valence-electron chi connectivity index (χ0n) is 7.17. The van der Waals surface area contributed by atoms with Crippen LogP contribution in [0.25, 0.3) is 0 Å². The van der Waals surface area contributed by atoms with E-state index in [2.05, 4.69) is 0 Å². The fraction of sp³-hybridized carbons (Fsp3) is 1.00. The Kier molecular flexibility index (Phi) is 2.87. The number of ether oxygens (including phenoxy) is 2. The average Bonchev–Trinajstić information content (AvgIpc) is 2.10. The summed E-state index contributed by atoms with van der Waals surface area (Å²) in [5, 5.41) is 8.85. The topological polar surface area (TPSA) is 38.7 Å². The first-order chi connectivity index (χ1) is 5.14. The summed E-state index contributed by atoms with van der Waals surface area (Å²) < 4.78 is 10.8. The lowest BCUT2D eigenvalue weighted by molar-refractivity contribution is -0.201. The Labute approximate surface area is 67.3 Å². The molecule has 3 nitrogen and oxygen atoms in total. The smallest absolute Gasteiger partial charge is 0.162 e. The molecule has 0 aromatic carbocycles. The molecule has 0 bridgehead atoms. The van der Waals surface area contributed by atoms with Gasteiger partial charge < -0.3 is 14.6 Å². The van der Waals surface area contributed by atoms with Crippen LogP contribution in [0, 0.1) is 5.92 Å². The van der Waals surface area contributed by atoms with Gasteiger partial charge in [-0.3, -0.25) is 0 Å². The van der Waals surface area contributed by atoms with Gasteiger partial charge in [0, 0.05) is 12.5 Å². The molecule has 1 N–H and O–H groups in total. The molecule has 0 aliphatic carbocycles. The van der Waals surface area contributed by atoms with Crippen LogP contribution in [0.2, 0.25) is 0 Å². The van der Waals surface area contributed by atoms with E-state index in [1.54, 1.807) is 0 Å². The molecule has 1 aliphatic heterocycles. The van der Waals surface area contributed by atoms with Gasteiger partial charge >= 0.3 is 0 Å². The summed E-state index contributed by atoms with van der Waals surface area (Å²) in [6.07, 6.45) is 0.889. The van der Waals surface area contributed by atoms with Gasteiger partial charge in [0.25, 0.3) is 0 Å². The Morgan fingerprint density at radius 2 is 2.18 bits per heavy atom. The van der Waals surface area contributed by atoms with E-state index < -0.39 is 5.79 Å². The third-order valence-electron chi connectivity index (χ3n) is 1.90. The zero-order valence-corrected chi connectivity index (χ0v) is 7.17. The molecule has 1 fully saturated rings. The highest BCUT2D eigenvalue weighted by atomic mass is 16.7. The van der Waals surface area contributed by atoms with Crippen molar-refractivity contribution in [1.29, 1.82) is 0 Å². The Balaban J connectivity index is 2.39. The van der Waals surface area contributed by atoms with Crippen LogP contribution in [0.5, 0.6) is 0 Å². The standard InChI is InChI=1S/C8H16O3/c1-8(2)10-4-3-7(5-9)6-11-8/h7,9H,3-6H2,1-2H3. The molecule has 0 aromatic heterocycles. The van der Waals surface area contributed by atoms with Gasteiger partial charge in [0.2, 0.25) is 0 Å². The molecule has 11 heavy (non-hydrogen) atoms. The molecule has 0 saturated carbocycles. The predicted octanol–water partition coefficient (Wildman–Crippen LogP) is 0.768. The van der Waals surface area contributed by atoms with E-state index >= 15 is 0 Å². The van der Waals surface area contributed by atoms with Gasteiger partial charge in [-0.1, -0.05) is 0 Å². The zero-order chi connectivity index (χ0) is 8.32. The fourth-order valence-corrected chi connectivity index (χ4v) is 1.06. The van der Waals surface area contributed by atoms with Crippen molar-refractivity contribution in [2.75, 3.05) is 19.8 Å². The Hall–Kier alpha value is -0.120. The Bertz CT molecular complexity index is 123. The second-order valence-electron chi connectivity index (χ2n) is 3.40. The number of rotatable bonds is 1. The molecule has 66 valence electrons. The van der Waals surface area contributed by atoms with Gasteiger partial charge in [-0.15, -0.1) is 0 Å². The first-order valence-corrected chi connectivity index (χ1v) is 4.03. The Morgan fingerprint density at radius 3 is 2.82 bits per heavy atom. The summed E-state index contributed by atoms with van der Waals surface area (Å²) in [6.45, 7) is 5.26. The summed E-state index contributed by atoms with van der Waals surface area (Å²) in [5.74, 6) is -0.221. The average molecular weight is 160 g/mol. The third kappa shape index (κ3) is 2.77. The van der Waals surface area contributed by atoms with Crippen LogP contribution in [0.4, 0.5) is 0 Å². The van der Waals surface area contributed by atoms with Crippen LogP contribution in [-0.4, -0.2) is 30.7 Å². The molecule has 3 heteroatoms. The molecule has 1 heterocycles. The summed E-state index contributed by atoms with van der Waals surface area (Å²) in [5.41, 5.74) is 0. The van der Waals surface area contributed by atoms with Crippen LogP contribution >= 0.6 is 0 Å². The lowest BCUT2D eigenvalue weighted by Crippen LogP contribution is -2.27. The predicted molar refractivity (Wildman–Crippen MR) is 41.2 cm³/mol. The first kappa shape index (κ1) is 8.97. The van der Waals surface area contributed by atoms with Crippen molar-refractivity contribution in [1.82, 2.24) is 0 Å². The summed E-state index contributed by atoms with van der Waals surface area (Å²) >= 11 is 0. The molecule has 1 unspecified atom stereocenters. The molecule has 0 amide bonds. The van der Waals surface area contributed by atoms with Crippen LogP contribution < -0.4 is 0 Å². The third-order valence-corrected chi connectivity index (χ3v) is 1.90. The maximum Gasteiger partial charge on any atom is 0.162 e. The van der Waals surface area contributed by atoms with Crippen LogP contribution in [0.3, 0.4) is 0 Å². The van der Waals surface area contributed by atoms with Gasteiger partial charge in [0.15, 0.2) is 5.79 Å². The minimum atomic E-state index is -0.468. The van der Waals surface area contributed by atoms with Crippen molar-refractivity contribution >= 4 is 0 Å². The van der Waals surface area contributed by atoms with E-state index in [-0.39, 0.29) is 12.5 Å². The normalized spacial score (nSPS) is 31.4. The van der Waals surface area contributed by atoms with Crippen LogP contribution in [0.1, 0.15) is 20.3 Å². The molecule has 1 rings (SSSR count). The van der Waals surface area contributed by atoms with E-state index in [0.717, 1.165) is 6.42 Å². The van der Waals surface area contributed by atoms with E-state index in [9.17, 15) is 0 Å². The van der Waals surface area contributed by atoms with Crippen molar-refractivity contribution in [3.05, 3.63) is 0 Å². The minimum Gasteiger partial charge on any atom is -0.396 e. The largest absolute Gasteiger partial charge is 0.396 e. The second kappa shape index (κ2) is 3.52. The molecule has 0 aromatic rings. The second-order valence-corrected chi connectivity index (χ2v) is 3.40. The SMILES string of the molecule is CC1(C)OCCC(CO)CO1. The first-order valence-electron chi connectivity index (χ1n) is 4.03. The highest BCUT2D eigenvalue weighted by Crippen LogP contribution is 2.19. The maximum atomic E-state index is 8.85. The molecular formula is C8H16O3. The maximum absolute atomic E-state index is 8.85. The van der Waals surface area contributed by atoms with Crippen LogP contribution in [0.15, 0.2) is 0 Å². The number of aliphatic hydroxyl groups excluding tert-OH is 1. The Morgan fingerprint density at radius 1 is 1.45 bits per heavy atom.